The number of hydrogen-bond donors (Lipinski definition) is 2. The van der Waals surface area contributed by atoms with Gasteiger partial charge in [-0.3, -0.25) is 15.6 Å². The average Bonchev–Trinajstić information content (AvgIpc) is 2.78. The summed E-state index contributed by atoms with van der Waals surface area (Å²) in [7, 11) is 0. The van der Waals surface area contributed by atoms with Crippen molar-refractivity contribution in [3.05, 3.63) is 102 Å². The number of hydrogen-bond acceptors (Lipinski definition) is 5. The van der Waals surface area contributed by atoms with Crippen LogP contribution in [0.5, 0.6) is 0 Å². The molecule has 0 spiro atoms. The number of benzene rings is 2. The first-order chi connectivity index (χ1) is 14.2. The van der Waals surface area contributed by atoms with Crippen molar-refractivity contribution in [1.29, 1.82) is 0 Å². The molecule has 0 saturated carbocycles. The summed E-state index contributed by atoms with van der Waals surface area (Å²) in [5.41, 5.74) is 2.35. The lowest BCUT2D eigenvalue weighted by Crippen LogP contribution is -2.41. The number of nitrogens with one attached hydrogen (secondary N) is 2. The number of aromatic nitrogens is 1. The molecule has 0 bridgehead atoms. The summed E-state index contributed by atoms with van der Waals surface area (Å²) in [6.07, 6.45) is 0.967. The molecule has 29 heavy (non-hydrogen) atoms. The Labute approximate surface area is 168 Å². The molecule has 1 heterocycles. The lowest BCUT2D eigenvalue weighted by molar-refractivity contribution is 0.122. The Hall–Kier alpha value is -3.87. The van der Waals surface area contributed by atoms with E-state index in [2.05, 4.69) is 15.6 Å². The van der Waals surface area contributed by atoms with Crippen LogP contribution in [0.3, 0.4) is 0 Å². The molecule has 2 aromatic carbocycles. The van der Waals surface area contributed by atoms with Crippen LogP contribution in [0.15, 0.2) is 85.2 Å². The summed E-state index contributed by atoms with van der Waals surface area (Å²) in [6.45, 7) is 0.238. The van der Waals surface area contributed by atoms with Crippen molar-refractivity contribution in [1.82, 2.24) is 15.6 Å². The number of carbonyl (C=O) groups excluding carboxylic acids is 2. The molecular formula is C22H21N3O4. The number of rotatable bonds is 7. The van der Waals surface area contributed by atoms with Gasteiger partial charge in [0.1, 0.15) is 19.4 Å². The summed E-state index contributed by atoms with van der Waals surface area (Å²) in [6, 6.07) is 22.0. The van der Waals surface area contributed by atoms with Crippen LogP contribution < -0.4 is 10.6 Å². The summed E-state index contributed by atoms with van der Waals surface area (Å²) in [4.78, 5) is 28.4. The van der Waals surface area contributed by atoms with Crippen molar-refractivity contribution in [2.75, 3.05) is 0 Å². The van der Waals surface area contributed by atoms with E-state index in [1.165, 1.54) is 0 Å². The van der Waals surface area contributed by atoms with E-state index in [1.54, 1.807) is 24.5 Å². The molecule has 0 aliphatic heterocycles. The van der Waals surface area contributed by atoms with Gasteiger partial charge in [0, 0.05) is 12.4 Å². The van der Waals surface area contributed by atoms with Crippen LogP contribution >= 0.6 is 0 Å². The monoisotopic (exact) mass is 391 g/mol. The fourth-order valence-electron chi connectivity index (χ4n) is 2.52. The second-order valence-electron chi connectivity index (χ2n) is 6.13. The first-order valence-corrected chi connectivity index (χ1v) is 9.05. The molecule has 7 heteroatoms. The Morgan fingerprint density at radius 3 is 1.62 bits per heavy atom. The Morgan fingerprint density at radius 1 is 0.724 bits per heavy atom. The van der Waals surface area contributed by atoms with Crippen molar-refractivity contribution in [3.8, 4) is 0 Å². The molecule has 3 aromatic rings. The predicted octanol–water partition coefficient (Wildman–Crippen LogP) is 3.93. The van der Waals surface area contributed by atoms with E-state index in [9.17, 15) is 9.59 Å². The van der Waals surface area contributed by atoms with Gasteiger partial charge in [0.25, 0.3) is 0 Å². The van der Waals surface area contributed by atoms with E-state index in [-0.39, 0.29) is 13.2 Å². The van der Waals surface area contributed by atoms with Crippen molar-refractivity contribution in [3.63, 3.8) is 0 Å². The van der Waals surface area contributed by atoms with Gasteiger partial charge in [-0.05, 0) is 28.8 Å². The lowest BCUT2D eigenvalue weighted by Gasteiger charge is -2.20. The highest BCUT2D eigenvalue weighted by molar-refractivity contribution is 5.71. The van der Waals surface area contributed by atoms with Gasteiger partial charge >= 0.3 is 12.2 Å². The third-order valence-corrected chi connectivity index (χ3v) is 3.99. The molecule has 2 N–H and O–H groups in total. The first-order valence-electron chi connectivity index (χ1n) is 9.05. The Bertz CT molecular complexity index is 848. The first kappa shape index (κ1) is 19.9. The highest BCUT2D eigenvalue weighted by Crippen LogP contribution is 2.10. The third-order valence-electron chi connectivity index (χ3n) is 3.99. The van der Waals surface area contributed by atoms with Crippen LogP contribution in [0, 0.1) is 0 Å². The molecule has 0 aliphatic rings. The quantitative estimate of drug-likeness (QED) is 0.596. The van der Waals surface area contributed by atoms with E-state index in [0.29, 0.717) is 5.56 Å². The molecule has 2 amide bonds. The van der Waals surface area contributed by atoms with Gasteiger partial charge in [-0.2, -0.15) is 0 Å². The van der Waals surface area contributed by atoms with Crippen LogP contribution in [0.1, 0.15) is 22.9 Å². The molecule has 0 unspecified atom stereocenters. The fourth-order valence-corrected chi connectivity index (χ4v) is 2.52. The number of pyridine rings is 1. The van der Waals surface area contributed by atoms with Crippen molar-refractivity contribution < 1.29 is 19.1 Å². The largest absolute Gasteiger partial charge is 0.445 e. The zero-order valence-electron chi connectivity index (χ0n) is 15.7. The molecule has 0 aliphatic carbocycles. The maximum Gasteiger partial charge on any atom is 0.409 e. The van der Waals surface area contributed by atoms with Gasteiger partial charge in [0.15, 0.2) is 0 Å². The van der Waals surface area contributed by atoms with Crippen molar-refractivity contribution >= 4 is 12.2 Å². The summed E-state index contributed by atoms with van der Waals surface area (Å²) in [5, 5.41) is 5.26. The van der Waals surface area contributed by atoms with Gasteiger partial charge in [-0.25, -0.2) is 9.59 Å². The SMILES string of the molecule is O=C(NC(NC(=O)OCc1ccccc1)c1ccncc1)OCc1ccccc1. The molecule has 0 atom stereocenters. The zero-order chi connectivity index (χ0) is 20.3. The zero-order valence-corrected chi connectivity index (χ0v) is 15.7. The molecule has 0 radical (unpaired) electrons. The number of nitrogens with zero attached hydrogens (tertiary/aromatic N) is 1. The van der Waals surface area contributed by atoms with Gasteiger partial charge < -0.3 is 9.47 Å². The standard InChI is InChI=1S/C22H21N3O4/c26-21(28-15-17-7-3-1-4-8-17)24-20(19-11-13-23-14-12-19)25-22(27)29-16-18-9-5-2-6-10-18/h1-14,20H,15-16H2,(H,24,26)(H,25,27). The summed E-state index contributed by atoms with van der Waals surface area (Å²) < 4.78 is 10.5. The fraction of sp³-hybridized carbons (Fsp3) is 0.136. The second kappa shape index (κ2) is 10.5. The van der Waals surface area contributed by atoms with Gasteiger partial charge in [0.05, 0.1) is 0 Å². The Balaban J connectivity index is 1.57. The number of carbonyl (C=O) groups is 2. The van der Waals surface area contributed by atoms with Crippen LogP contribution in [0.2, 0.25) is 0 Å². The second-order valence-corrected chi connectivity index (χ2v) is 6.13. The van der Waals surface area contributed by atoms with Gasteiger partial charge in [-0.1, -0.05) is 60.7 Å². The van der Waals surface area contributed by atoms with E-state index < -0.39 is 18.4 Å². The van der Waals surface area contributed by atoms with E-state index >= 15 is 0 Å². The van der Waals surface area contributed by atoms with Crippen LogP contribution in [-0.2, 0) is 22.7 Å². The molecule has 3 rings (SSSR count). The molecule has 0 fully saturated rings. The number of alkyl carbamates (subject to hydrolysis) is 2. The van der Waals surface area contributed by atoms with Crippen LogP contribution in [0.25, 0.3) is 0 Å². The summed E-state index contributed by atoms with van der Waals surface area (Å²) in [5.74, 6) is 0. The van der Waals surface area contributed by atoms with E-state index in [1.807, 2.05) is 60.7 Å². The maximum atomic E-state index is 12.2. The van der Waals surface area contributed by atoms with E-state index in [4.69, 9.17) is 9.47 Å². The Kier molecular flexibility index (Phi) is 7.17. The topological polar surface area (TPSA) is 89.6 Å². The Morgan fingerprint density at radius 2 is 1.17 bits per heavy atom. The molecule has 7 nitrogen and oxygen atoms in total. The number of amides is 2. The predicted molar refractivity (Wildman–Crippen MR) is 107 cm³/mol. The minimum atomic E-state index is -0.829. The molecular weight excluding hydrogens is 370 g/mol. The molecule has 148 valence electrons. The normalized spacial score (nSPS) is 10.2. The average molecular weight is 391 g/mol. The minimum Gasteiger partial charge on any atom is -0.445 e. The van der Waals surface area contributed by atoms with E-state index in [0.717, 1.165) is 11.1 Å². The minimum absolute atomic E-state index is 0.119. The summed E-state index contributed by atoms with van der Waals surface area (Å²) >= 11 is 0. The third kappa shape index (κ3) is 6.66. The number of ether oxygens (including phenoxy) is 2. The van der Waals surface area contributed by atoms with Gasteiger partial charge in [-0.15, -0.1) is 0 Å². The molecule has 1 aromatic heterocycles. The molecule has 0 saturated heterocycles. The van der Waals surface area contributed by atoms with Crippen molar-refractivity contribution in [2.24, 2.45) is 0 Å². The van der Waals surface area contributed by atoms with Gasteiger partial charge in [0.2, 0.25) is 0 Å². The maximum absolute atomic E-state index is 12.2. The highest BCUT2D eigenvalue weighted by Gasteiger charge is 2.18. The smallest absolute Gasteiger partial charge is 0.409 e. The van der Waals surface area contributed by atoms with Crippen LogP contribution in [0.4, 0.5) is 9.59 Å². The lowest BCUT2D eigenvalue weighted by atomic mass is 10.2. The van der Waals surface area contributed by atoms with Crippen molar-refractivity contribution in [2.45, 2.75) is 19.4 Å². The highest BCUT2D eigenvalue weighted by atomic mass is 16.6. The van der Waals surface area contributed by atoms with Crippen LogP contribution in [-0.4, -0.2) is 17.2 Å².